The van der Waals surface area contributed by atoms with Gasteiger partial charge < -0.3 is 11.1 Å². The predicted molar refractivity (Wildman–Crippen MR) is 71.7 cm³/mol. The van der Waals surface area contributed by atoms with Crippen molar-refractivity contribution in [2.45, 2.75) is 17.7 Å². The summed E-state index contributed by atoms with van der Waals surface area (Å²) < 4.78 is 52.5. The third kappa shape index (κ3) is 3.88. The van der Waals surface area contributed by atoms with E-state index in [-0.39, 0.29) is 30.6 Å². The molecule has 116 valence electrons. The van der Waals surface area contributed by atoms with E-state index < -0.39 is 26.6 Å². The fourth-order valence-corrected chi connectivity index (χ4v) is 2.87. The molecular formula is C12H15F2N3O3S. The molecule has 21 heavy (non-hydrogen) atoms. The number of rotatable bonds is 6. The van der Waals surface area contributed by atoms with Crippen LogP contribution >= 0.6 is 0 Å². The summed E-state index contributed by atoms with van der Waals surface area (Å²) in [5, 5.41) is 2.55. The molecule has 1 aliphatic rings. The summed E-state index contributed by atoms with van der Waals surface area (Å²) in [4.78, 5) is 10.5. The van der Waals surface area contributed by atoms with Crippen LogP contribution in [0.3, 0.4) is 0 Å². The van der Waals surface area contributed by atoms with Crippen LogP contribution in [0.5, 0.6) is 0 Å². The number of hydrogen-bond donors (Lipinski definition) is 3. The highest BCUT2D eigenvalue weighted by Crippen LogP contribution is 2.28. The first-order chi connectivity index (χ1) is 9.81. The third-order valence-corrected chi connectivity index (χ3v) is 4.43. The maximum atomic E-state index is 13.5. The number of carbonyl (C=O) groups excluding carboxylic acids is 1. The van der Waals surface area contributed by atoms with Crippen molar-refractivity contribution in [2.75, 3.05) is 18.8 Å². The molecule has 0 aromatic heterocycles. The second-order valence-electron chi connectivity index (χ2n) is 4.78. The zero-order chi connectivity index (χ0) is 15.6. The zero-order valence-corrected chi connectivity index (χ0v) is 11.8. The normalized spacial score (nSPS) is 15.0. The number of sulfonamides is 1. The number of benzene rings is 1. The lowest BCUT2D eigenvalue weighted by atomic mass is 10.3. The van der Waals surface area contributed by atoms with E-state index in [4.69, 9.17) is 5.73 Å². The van der Waals surface area contributed by atoms with Crippen molar-refractivity contribution in [1.29, 1.82) is 0 Å². The first-order valence-electron chi connectivity index (χ1n) is 6.33. The van der Waals surface area contributed by atoms with Crippen molar-refractivity contribution >= 4 is 21.6 Å². The van der Waals surface area contributed by atoms with E-state index in [0.29, 0.717) is 6.07 Å². The summed E-state index contributed by atoms with van der Waals surface area (Å²) in [6.45, 7) is -0.0579. The summed E-state index contributed by atoms with van der Waals surface area (Å²) in [6, 6.07) is 1.54. The molecule has 0 unspecified atom stereocenters. The van der Waals surface area contributed by atoms with Crippen molar-refractivity contribution in [1.82, 2.24) is 10.0 Å². The molecule has 2 rings (SSSR count). The number of halogens is 2. The Balaban J connectivity index is 1.96. The molecule has 0 heterocycles. The Morgan fingerprint density at radius 3 is 2.57 bits per heavy atom. The van der Waals surface area contributed by atoms with Crippen molar-refractivity contribution in [2.24, 2.45) is 5.92 Å². The average Bonchev–Trinajstić information content (AvgIpc) is 3.23. The highest BCUT2D eigenvalue weighted by Gasteiger charge is 2.29. The number of amides is 1. The van der Waals surface area contributed by atoms with E-state index in [9.17, 15) is 22.0 Å². The van der Waals surface area contributed by atoms with Gasteiger partial charge in [-0.25, -0.2) is 21.9 Å². The molecule has 1 aromatic carbocycles. The van der Waals surface area contributed by atoms with Crippen molar-refractivity contribution in [3.05, 3.63) is 23.8 Å². The fraction of sp³-hybridized carbons (Fsp3) is 0.417. The summed E-state index contributed by atoms with van der Waals surface area (Å²) in [6.07, 6.45) is 1.68. The smallest absolute Gasteiger partial charge is 0.243 e. The van der Waals surface area contributed by atoms with Crippen molar-refractivity contribution in [3.8, 4) is 0 Å². The lowest BCUT2D eigenvalue weighted by Crippen LogP contribution is -2.35. The molecule has 0 saturated heterocycles. The molecule has 0 aliphatic heterocycles. The maximum absolute atomic E-state index is 13.5. The van der Waals surface area contributed by atoms with Crippen LogP contribution in [0, 0.1) is 17.6 Å². The minimum Gasteiger partial charge on any atom is -0.399 e. The number of anilines is 1. The molecule has 1 aromatic rings. The van der Waals surface area contributed by atoms with Crippen LogP contribution in [0.1, 0.15) is 12.8 Å². The Kier molecular flexibility index (Phi) is 4.43. The van der Waals surface area contributed by atoms with E-state index in [2.05, 4.69) is 10.0 Å². The minimum atomic E-state index is -4.23. The Hall–Kier alpha value is -1.74. The van der Waals surface area contributed by atoms with Gasteiger partial charge in [0.25, 0.3) is 0 Å². The molecule has 0 atom stereocenters. The summed E-state index contributed by atoms with van der Waals surface area (Å²) in [5.41, 5.74) is 5.11. The van der Waals surface area contributed by atoms with Crippen LogP contribution in [0.25, 0.3) is 0 Å². The number of carbonyl (C=O) groups is 1. The van der Waals surface area contributed by atoms with Gasteiger partial charge in [-0.2, -0.15) is 0 Å². The van der Waals surface area contributed by atoms with Crippen LogP contribution in [-0.4, -0.2) is 27.4 Å². The van der Waals surface area contributed by atoms with Crippen molar-refractivity contribution in [3.63, 3.8) is 0 Å². The number of nitrogen functional groups attached to an aromatic ring is 1. The Bertz CT molecular complexity index is 660. The molecular weight excluding hydrogens is 304 g/mol. The highest BCUT2D eigenvalue weighted by molar-refractivity contribution is 7.89. The largest absolute Gasteiger partial charge is 0.399 e. The summed E-state index contributed by atoms with van der Waals surface area (Å²) in [7, 11) is -4.23. The SMILES string of the molecule is Nc1cc(F)c(F)c(S(=O)(=O)NCCNC(=O)C2CC2)c1. The van der Waals surface area contributed by atoms with E-state index in [1.807, 2.05) is 0 Å². The quantitative estimate of drug-likeness (QED) is 0.520. The van der Waals surface area contributed by atoms with Gasteiger partial charge >= 0.3 is 0 Å². The van der Waals surface area contributed by atoms with Crippen LogP contribution < -0.4 is 15.8 Å². The highest BCUT2D eigenvalue weighted by atomic mass is 32.2. The topological polar surface area (TPSA) is 101 Å². The number of nitrogens with two attached hydrogens (primary N) is 1. The van der Waals surface area contributed by atoms with Gasteiger partial charge in [-0.3, -0.25) is 4.79 Å². The van der Waals surface area contributed by atoms with Gasteiger partial charge in [0.05, 0.1) is 0 Å². The molecule has 0 spiro atoms. The number of hydrogen-bond acceptors (Lipinski definition) is 4. The van der Waals surface area contributed by atoms with E-state index in [1.54, 1.807) is 0 Å². The van der Waals surface area contributed by atoms with E-state index >= 15 is 0 Å². The van der Waals surface area contributed by atoms with Gasteiger partial charge in [-0.15, -0.1) is 0 Å². The van der Waals surface area contributed by atoms with Crippen LogP contribution in [0.4, 0.5) is 14.5 Å². The molecule has 1 amide bonds. The monoisotopic (exact) mass is 319 g/mol. The predicted octanol–water partition coefficient (Wildman–Crippen LogP) is 0.351. The van der Waals surface area contributed by atoms with Crippen molar-refractivity contribution < 1.29 is 22.0 Å². The second-order valence-corrected chi connectivity index (χ2v) is 6.51. The maximum Gasteiger partial charge on any atom is 0.243 e. The standard InChI is InChI=1S/C12H15F2N3O3S/c13-9-5-8(15)6-10(11(9)14)21(19,20)17-4-3-16-12(18)7-1-2-7/h5-7,17H,1-4,15H2,(H,16,18). The zero-order valence-electron chi connectivity index (χ0n) is 11.0. The first kappa shape index (κ1) is 15.6. The van der Waals surface area contributed by atoms with Crippen LogP contribution in [0.15, 0.2) is 17.0 Å². The number of nitrogens with one attached hydrogen (secondary N) is 2. The van der Waals surface area contributed by atoms with Gasteiger partial charge in [0.1, 0.15) is 4.90 Å². The molecule has 1 fully saturated rings. The molecule has 4 N–H and O–H groups in total. The van der Waals surface area contributed by atoms with Gasteiger partial charge in [0.15, 0.2) is 11.6 Å². The second kappa shape index (κ2) is 5.94. The fourth-order valence-electron chi connectivity index (χ4n) is 1.72. The van der Waals surface area contributed by atoms with Crippen LogP contribution in [0.2, 0.25) is 0 Å². The Morgan fingerprint density at radius 1 is 1.29 bits per heavy atom. The third-order valence-electron chi connectivity index (χ3n) is 2.97. The van der Waals surface area contributed by atoms with Crippen LogP contribution in [-0.2, 0) is 14.8 Å². The van der Waals surface area contributed by atoms with E-state index in [0.717, 1.165) is 18.9 Å². The Morgan fingerprint density at radius 2 is 1.95 bits per heavy atom. The summed E-state index contributed by atoms with van der Waals surface area (Å²) >= 11 is 0. The lowest BCUT2D eigenvalue weighted by molar-refractivity contribution is -0.122. The van der Waals surface area contributed by atoms with Gasteiger partial charge in [0.2, 0.25) is 15.9 Å². The van der Waals surface area contributed by atoms with Gasteiger partial charge in [0, 0.05) is 24.7 Å². The van der Waals surface area contributed by atoms with Gasteiger partial charge in [-0.1, -0.05) is 0 Å². The Labute approximate surface area is 120 Å². The molecule has 1 saturated carbocycles. The van der Waals surface area contributed by atoms with Gasteiger partial charge in [-0.05, 0) is 25.0 Å². The van der Waals surface area contributed by atoms with E-state index in [1.165, 1.54) is 0 Å². The first-order valence-corrected chi connectivity index (χ1v) is 7.81. The summed E-state index contributed by atoms with van der Waals surface area (Å²) in [5.74, 6) is -2.94. The minimum absolute atomic E-state index is 0.0158. The lowest BCUT2D eigenvalue weighted by Gasteiger charge is -2.09. The molecule has 0 bridgehead atoms. The molecule has 0 radical (unpaired) electrons. The molecule has 1 aliphatic carbocycles. The molecule has 9 heteroatoms. The molecule has 6 nitrogen and oxygen atoms in total. The average molecular weight is 319 g/mol.